The molecule has 1 fully saturated rings. The van der Waals surface area contributed by atoms with Crippen LogP contribution in [0.4, 0.5) is 5.69 Å². The lowest BCUT2D eigenvalue weighted by molar-refractivity contribution is -0.386. The van der Waals surface area contributed by atoms with Gasteiger partial charge in [0.1, 0.15) is 17.4 Å². The first-order valence-corrected chi connectivity index (χ1v) is 7.01. The molecule has 2 atom stereocenters. The number of carbonyl (C=O) groups excluding carboxylic acids is 1. The second kappa shape index (κ2) is 6.21. The van der Waals surface area contributed by atoms with Crippen LogP contribution in [-0.4, -0.2) is 39.9 Å². The molecule has 116 valence electrons. The van der Waals surface area contributed by atoms with Gasteiger partial charge in [0.2, 0.25) is 5.91 Å². The van der Waals surface area contributed by atoms with Crippen LogP contribution in [0.15, 0.2) is 0 Å². The van der Waals surface area contributed by atoms with Crippen LogP contribution in [0.2, 0.25) is 0 Å². The number of hydrogen-bond donors (Lipinski definition) is 1. The molecule has 0 aromatic carbocycles. The number of hydrogen-bond acceptors (Lipinski definition) is 5. The smallest absolute Gasteiger partial charge is 0.312 e. The number of aryl methyl sites for hydroxylation is 1. The first-order valence-electron chi connectivity index (χ1n) is 7.01. The highest BCUT2D eigenvalue weighted by Crippen LogP contribution is 2.24. The van der Waals surface area contributed by atoms with Crippen molar-refractivity contribution < 1.29 is 14.5 Å². The number of nitrogens with zero attached hydrogens (tertiary/aromatic N) is 3. The van der Waals surface area contributed by atoms with Gasteiger partial charge in [-0.2, -0.15) is 5.10 Å². The first-order chi connectivity index (χ1) is 9.91. The van der Waals surface area contributed by atoms with Gasteiger partial charge in [-0.3, -0.25) is 19.6 Å². The molecule has 0 saturated carbocycles. The Morgan fingerprint density at radius 3 is 2.86 bits per heavy atom. The Labute approximate surface area is 122 Å². The second-order valence-corrected chi connectivity index (χ2v) is 5.28. The maximum atomic E-state index is 12.1. The Bertz CT molecular complexity index is 549. The van der Waals surface area contributed by atoms with E-state index in [1.54, 1.807) is 20.8 Å². The summed E-state index contributed by atoms with van der Waals surface area (Å²) in [5, 5.41) is 17.9. The largest absolute Gasteiger partial charge is 0.376 e. The molecule has 0 bridgehead atoms. The summed E-state index contributed by atoms with van der Waals surface area (Å²) >= 11 is 0. The van der Waals surface area contributed by atoms with Gasteiger partial charge < -0.3 is 10.1 Å². The normalized spacial score (nSPS) is 19.5. The van der Waals surface area contributed by atoms with E-state index in [2.05, 4.69) is 10.4 Å². The summed E-state index contributed by atoms with van der Waals surface area (Å²) in [6.07, 6.45) is 2.02. The van der Waals surface area contributed by atoms with E-state index in [4.69, 9.17) is 4.74 Å². The van der Waals surface area contributed by atoms with Gasteiger partial charge in [0.15, 0.2) is 0 Å². The summed E-state index contributed by atoms with van der Waals surface area (Å²) in [6.45, 7) is 6.04. The number of rotatable bonds is 5. The van der Waals surface area contributed by atoms with Crippen molar-refractivity contribution in [1.82, 2.24) is 15.1 Å². The minimum absolute atomic E-state index is 0.0335. The molecule has 1 aromatic heterocycles. The van der Waals surface area contributed by atoms with Crippen molar-refractivity contribution in [3.05, 3.63) is 21.5 Å². The highest BCUT2D eigenvalue weighted by molar-refractivity contribution is 5.80. The molecule has 1 saturated heterocycles. The number of ether oxygens (including phenoxy) is 1. The van der Waals surface area contributed by atoms with Gasteiger partial charge in [-0.15, -0.1) is 0 Å². The zero-order valence-electron chi connectivity index (χ0n) is 12.5. The minimum Gasteiger partial charge on any atom is -0.376 e. The number of nitrogens with one attached hydrogen (secondary N) is 1. The highest BCUT2D eigenvalue weighted by atomic mass is 16.6. The third-order valence-corrected chi connectivity index (χ3v) is 3.74. The Morgan fingerprint density at radius 1 is 1.62 bits per heavy atom. The summed E-state index contributed by atoms with van der Waals surface area (Å²) in [7, 11) is 0. The quantitative estimate of drug-likeness (QED) is 0.651. The predicted octanol–water partition coefficient (Wildman–Crippen LogP) is 1.26. The molecule has 1 aliphatic heterocycles. The van der Waals surface area contributed by atoms with Gasteiger partial charge in [0.25, 0.3) is 0 Å². The highest BCUT2D eigenvalue weighted by Gasteiger charge is 2.27. The molecule has 2 heterocycles. The van der Waals surface area contributed by atoms with E-state index in [0.717, 1.165) is 19.4 Å². The van der Waals surface area contributed by atoms with Crippen molar-refractivity contribution in [2.24, 2.45) is 0 Å². The van der Waals surface area contributed by atoms with E-state index in [9.17, 15) is 14.9 Å². The Hall–Kier alpha value is -1.96. The van der Waals surface area contributed by atoms with Crippen molar-refractivity contribution in [3.8, 4) is 0 Å². The van der Waals surface area contributed by atoms with Crippen molar-refractivity contribution in [2.45, 2.75) is 45.8 Å². The lowest BCUT2D eigenvalue weighted by Crippen LogP contribution is -2.36. The van der Waals surface area contributed by atoms with E-state index < -0.39 is 11.0 Å². The zero-order chi connectivity index (χ0) is 15.6. The zero-order valence-corrected chi connectivity index (χ0v) is 12.5. The third kappa shape index (κ3) is 3.21. The van der Waals surface area contributed by atoms with Gasteiger partial charge in [-0.1, -0.05) is 0 Å². The average Bonchev–Trinajstić information content (AvgIpc) is 3.03. The SMILES string of the molecule is Cc1nn([C@@H](C)C(=O)NC[C@H]2CCCO2)c(C)c1[N+](=O)[O-]. The molecule has 8 nitrogen and oxygen atoms in total. The van der Waals surface area contributed by atoms with E-state index in [-0.39, 0.29) is 17.7 Å². The molecule has 2 rings (SSSR count). The molecule has 8 heteroatoms. The van der Waals surface area contributed by atoms with Crippen LogP contribution in [0.25, 0.3) is 0 Å². The molecular weight excluding hydrogens is 276 g/mol. The van der Waals surface area contributed by atoms with Crippen molar-refractivity contribution >= 4 is 11.6 Å². The van der Waals surface area contributed by atoms with Crippen LogP contribution in [0.3, 0.4) is 0 Å². The molecule has 21 heavy (non-hydrogen) atoms. The summed E-state index contributed by atoms with van der Waals surface area (Å²) in [5.41, 5.74) is 0.669. The molecule has 0 aliphatic carbocycles. The molecule has 1 aromatic rings. The third-order valence-electron chi connectivity index (χ3n) is 3.74. The molecular formula is C13H20N4O4. The van der Waals surface area contributed by atoms with E-state index in [1.165, 1.54) is 4.68 Å². The van der Waals surface area contributed by atoms with Gasteiger partial charge >= 0.3 is 5.69 Å². The topological polar surface area (TPSA) is 99.3 Å². The standard InChI is InChI=1S/C13H20N4O4/c1-8-12(17(19)20)9(2)16(15-8)10(3)13(18)14-7-11-5-4-6-21-11/h10-11H,4-7H2,1-3H3,(H,14,18)/t10-,11+/m0/s1. The van der Waals surface area contributed by atoms with Crippen molar-refractivity contribution in [3.63, 3.8) is 0 Å². The van der Waals surface area contributed by atoms with Crippen molar-refractivity contribution in [1.29, 1.82) is 0 Å². The van der Waals surface area contributed by atoms with Gasteiger partial charge in [0, 0.05) is 13.2 Å². The van der Waals surface area contributed by atoms with Crippen LogP contribution in [-0.2, 0) is 9.53 Å². The average molecular weight is 296 g/mol. The molecule has 0 unspecified atom stereocenters. The van der Waals surface area contributed by atoms with Crippen molar-refractivity contribution in [2.75, 3.05) is 13.2 Å². The van der Waals surface area contributed by atoms with Gasteiger partial charge in [-0.25, -0.2) is 0 Å². The monoisotopic (exact) mass is 296 g/mol. The van der Waals surface area contributed by atoms with Crippen LogP contribution >= 0.6 is 0 Å². The van der Waals surface area contributed by atoms with Gasteiger partial charge in [-0.05, 0) is 33.6 Å². The summed E-state index contributed by atoms with van der Waals surface area (Å²) in [6, 6.07) is -0.598. The molecule has 1 aliphatic rings. The Kier molecular flexibility index (Phi) is 4.56. The van der Waals surface area contributed by atoms with Crippen LogP contribution in [0.5, 0.6) is 0 Å². The molecule has 1 N–H and O–H groups in total. The fraction of sp³-hybridized carbons (Fsp3) is 0.692. The molecule has 1 amide bonds. The van der Waals surface area contributed by atoms with E-state index in [1.807, 2.05) is 0 Å². The Balaban J connectivity index is 2.05. The second-order valence-electron chi connectivity index (χ2n) is 5.28. The molecule has 0 spiro atoms. The van der Waals surface area contributed by atoms with Gasteiger partial charge in [0.05, 0.1) is 11.0 Å². The van der Waals surface area contributed by atoms with E-state index >= 15 is 0 Å². The molecule has 0 radical (unpaired) electrons. The number of aromatic nitrogens is 2. The number of amides is 1. The fourth-order valence-electron chi connectivity index (χ4n) is 2.57. The van der Waals surface area contributed by atoms with Crippen LogP contribution in [0.1, 0.15) is 37.2 Å². The first kappa shape index (κ1) is 15.4. The predicted molar refractivity (Wildman–Crippen MR) is 75.1 cm³/mol. The van der Waals surface area contributed by atoms with E-state index in [0.29, 0.717) is 17.9 Å². The summed E-state index contributed by atoms with van der Waals surface area (Å²) < 4.78 is 6.84. The summed E-state index contributed by atoms with van der Waals surface area (Å²) in [5.74, 6) is -0.217. The lowest BCUT2D eigenvalue weighted by atomic mass is 10.2. The fourth-order valence-corrected chi connectivity index (χ4v) is 2.57. The maximum Gasteiger partial charge on any atom is 0.312 e. The number of carbonyl (C=O) groups is 1. The number of nitro groups is 1. The Morgan fingerprint density at radius 2 is 2.33 bits per heavy atom. The van der Waals surface area contributed by atoms with Crippen LogP contribution in [0, 0.1) is 24.0 Å². The lowest BCUT2D eigenvalue weighted by Gasteiger charge is -2.16. The summed E-state index contributed by atoms with van der Waals surface area (Å²) in [4.78, 5) is 22.7. The minimum atomic E-state index is -0.598. The maximum absolute atomic E-state index is 12.1. The van der Waals surface area contributed by atoms with Crippen LogP contribution < -0.4 is 5.32 Å².